The van der Waals surface area contributed by atoms with Crippen molar-refractivity contribution in [1.29, 1.82) is 0 Å². The standard InChI is InChI=1S/C13H19FN2/c1-11-4-2-3-5-12(11)16-8-6-13(14,10-15)7-9-16/h2-5H,6-10,15H2,1H3. The summed E-state index contributed by atoms with van der Waals surface area (Å²) in [5.74, 6) is 0. The van der Waals surface area contributed by atoms with Gasteiger partial charge in [0.25, 0.3) is 0 Å². The normalized spacial score (nSPS) is 19.8. The molecule has 1 saturated heterocycles. The van der Waals surface area contributed by atoms with Gasteiger partial charge in [0.15, 0.2) is 0 Å². The molecule has 0 aliphatic carbocycles. The first-order valence-corrected chi connectivity index (χ1v) is 5.84. The first kappa shape index (κ1) is 11.4. The number of hydrogen-bond acceptors (Lipinski definition) is 2. The molecule has 1 heterocycles. The van der Waals surface area contributed by atoms with Crippen LogP contribution in [-0.2, 0) is 0 Å². The van der Waals surface area contributed by atoms with Crippen molar-refractivity contribution in [3.63, 3.8) is 0 Å². The summed E-state index contributed by atoms with van der Waals surface area (Å²) in [4.78, 5) is 2.25. The zero-order valence-corrected chi connectivity index (χ0v) is 9.75. The molecule has 0 aromatic heterocycles. The van der Waals surface area contributed by atoms with E-state index in [9.17, 15) is 4.39 Å². The third-order valence-electron chi connectivity index (χ3n) is 3.48. The highest BCUT2D eigenvalue weighted by atomic mass is 19.1. The molecule has 1 aliphatic rings. The van der Waals surface area contributed by atoms with Gasteiger partial charge in [0.2, 0.25) is 0 Å². The monoisotopic (exact) mass is 222 g/mol. The van der Waals surface area contributed by atoms with Crippen molar-refractivity contribution < 1.29 is 4.39 Å². The van der Waals surface area contributed by atoms with Crippen LogP contribution in [0.2, 0.25) is 0 Å². The molecule has 16 heavy (non-hydrogen) atoms. The number of hydrogen-bond donors (Lipinski definition) is 1. The second kappa shape index (κ2) is 4.42. The Morgan fingerprint density at radius 2 is 1.94 bits per heavy atom. The van der Waals surface area contributed by atoms with E-state index >= 15 is 0 Å². The van der Waals surface area contributed by atoms with Gasteiger partial charge in [0.1, 0.15) is 5.67 Å². The predicted molar refractivity (Wildman–Crippen MR) is 65.5 cm³/mol. The molecule has 0 atom stereocenters. The molecule has 2 N–H and O–H groups in total. The molecule has 1 aromatic carbocycles. The van der Waals surface area contributed by atoms with Crippen molar-refractivity contribution in [2.75, 3.05) is 24.5 Å². The summed E-state index contributed by atoms with van der Waals surface area (Å²) >= 11 is 0. The zero-order chi connectivity index (χ0) is 11.6. The highest BCUT2D eigenvalue weighted by Crippen LogP contribution is 2.29. The van der Waals surface area contributed by atoms with Crippen molar-refractivity contribution in [2.45, 2.75) is 25.4 Å². The molecular weight excluding hydrogens is 203 g/mol. The van der Waals surface area contributed by atoms with Gasteiger partial charge < -0.3 is 10.6 Å². The highest BCUT2D eigenvalue weighted by molar-refractivity contribution is 5.53. The predicted octanol–water partition coefficient (Wildman–Crippen LogP) is 2.26. The third-order valence-corrected chi connectivity index (χ3v) is 3.48. The van der Waals surface area contributed by atoms with Crippen LogP contribution in [0.1, 0.15) is 18.4 Å². The first-order chi connectivity index (χ1) is 7.64. The molecule has 0 saturated carbocycles. The van der Waals surface area contributed by atoms with Gasteiger partial charge in [-0.25, -0.2) is 4.39 Å². The number of nitrogens with two attached hydrogens (primary N) is 1. The molecule has 0 radical (unpaired) electrons. The largest absolute Gasteiger partial charge is 0.371 e. The van der Waals surface area contributed by atoms with E-state index in [0.717, 1.165) is 13.1 Å². The second-order valence-electron chi connectivity index (χ2n) is 4.63. The molecule has 0 unspecified atom stereocenters. The number of anilines is 1. The van der Waals surface area contributed by atoms with Crippen LogP contribution < -0.4 is 10.6 Å². The summed E-state index contributed by atoms with van der Waals surface area (Å²) < 4.78 is 13.9. The summed E-state index contributed by atoms with van der Waals surface area (Å²) in [7, 11) is 0. The molecule has 2 rings (SSSR count). The van der Waals surface area contributed by atoms with Crippen molar-refractivity contribution in [3.05, 3.63) is 29.8 Å². The van der Waals surface area contributed by atoms with Gasteiger partial charge in [-0.1, -0.05) is 18.2 Å². The average molecular weight is 222 g/mol. The summed E-state index contributed by atoms with van der Waals surface area (Å²) in [6.45, 7) is 3.77. The molecular formula is C13H19FN2. The lowest BCUT2D eigenvalue weighted by molar-refractivity contribution is 0.135. The summed E-state index contributed by atoms with van der Waals surface area (Å²) in [6.07, 6.45) is 1.08. The van der Waals surface area contributed by atoms with Crippen LogP contribution in [0.5, 0.6) is 0 Å². The van der Waals surface area contributed by atoms with Gasteiger partial charge >= 0.3 is 0 Å². The number of piperidine rings is 1. The zero-order valence-electron chi connectivity index (χ0n) is 9.75. The maximum absolute atomic E-state index is 13.9. The minimum atomic E-state index is -1.14. The van der Waals surface area contributed by atoms with E-state index in [0.29, 0.717) is 12.8 Å². The number of alkyl halides is 1. The van der Waals surface area contributed by atoms with E-state index in [4.69, 9.17) is 5.73 Å². The quantitative estimate of drug-likeness (QED) is 0.831. The van der Waals surface area contributed by atoms with Crippen molar-refractivity contribution in [3.8, 4) is 0 Å². The lowest BCUT2D eigenvalue weighted by Gasteiger charge is -2.37. The molecule has 0 amide bonds. The van der Waals surface area contributed by atoms with E-state index in [2.05, 4.69) is 24.0 Å². The van der Waals surface area contributed by atoms with Gasteiger partial charge in [-0.2, -0.15) is 0 Å². The summed E-state index contributed by atoms with van der Waals surface area (Å²) in [6, 6.07) is 8.25. The number of benzene rings is 1. The van der Waals surface area contributed by atoms with Crippen molar-refractivity contribution in [2.24, 2.45) is 5.73 Å². The number of nitrogens with zero attached hydrogens (tertiary/aromatic N) is 1. The lowest BCUT2D eigenvalue weighted by atomic mass is 9.93. The summed E-state index contributed by atoms with van der Waals surface area (Å²) in [5.41, 5.74) is 6.79. The Kier molecular flexibility index (Phi) is 3.15. The molecule has 3 heteroatoms. The maximum atomic E-state index is 13.9. The fourth-order valence-electron chi connectivity index (χ4n) is 2.27. The molecule has 1 fully saturated rings. The SMILES string of the molecule is Cc1ccccc1N1CCC(F)(CN)CC1. The van der Waals surface area contributed by atoms with E-state index in [1.807, 2.05) is 12.1 Å². The Hall–Kier alpha value is -1.09. The molecule has 2 nitrogen and oxygen atoms in total. The van der Waals surface area contributed by atoms with Crippen molar-refractivity contribution in [1.82, 2.24) is 0 Å². The smallest absolute Gasteiger partial charge is 0.126 e. The van der Waals surface area contributed by atoms with Crippen molar-refractivity contribution >= 4 is 5.69 Å². The fraction of sp³-hybridized carbons (Fsp3) is 0.538. The first-order valence-electron chi connectivity index (χ1n) is 5.84. The molecule has 0 bridgehead atoms. The number of rotatable bonds is 2. The van der Waals surface area contributed by atoms with Crippen LogP contribution in [0.4, 0.5) is 10.1 Å². The molecule has 88 valence electrons. The topological polar surface area (TPSA) is 29.3 Å². The molecule has 1 aromatic rings. The second-order valence-corrected chi connectivity index (χ2v) is 4.63. The molecule has 0 spiro atoms. The Morgan fingerprint density at radius 3 is 2.50 bits per heavy atom. The Balaban J connectivity index is 2.07. The fourth-order valence-corrected chi connectivity index (χ4v) is 2.27. The Labute approximate surface area is 96.2 Å². The van der Waals surface area contributed by atoms with E-state index in [1.54, 1.807) is 0 Å². The van der Waals surface area contributed by atoms with Crippen LogP contribution in [0.25, 0.3) is 0 Å². The third kappa shape index (κ3) is 2.19. The van der Waals surface area contributed by atoms with Crippen LogP contribution in [0.3, 0.4) is 0 Å². The minimum Gasteiger partial charge on any atom is -0.371 e. The van der Waals surface area contributed by atoms with E-state index in [-0.39, 0.29) is 6.54 Å². The number of para-hydroxylation sites is 1. The highest BCUT2D eigenvalue weighted by Gasteiger charge is 2.33. The van der Waals surface area contributed by atoms with E-state index in [1.165, 1.54) is 11.3 Å². The maximum Gasteiger partial charge on any atom is 0.126 e. The summed E-state index contributed by atoms with van der Waals surface area (Å²) in [5, 5.41) is 0. The van der Waals surface area contributed by atoms with Gasteiger partial charge in [0, 0.05) is 38.2 Å². The van der Waals surface area contributed by atoms with Crippen LogP contribution in [-0.4, -0.2) is 25.3 Å². The van der Waals surface area contributed by atoms with Gasteiger partial charge in [0.05, 0.1) is 0 Å². The van der Waals surface area contributed by atoms with Crippen LogP contribution in [0.15, 0.2) is 24.3 Å². The van der Waals surface area contributed by atoms with Crippen LogP contribution in [0, 0.1) is 6.92 Å². The van der Waals surface area contributed by atoms with Gasteiger partial charge in [-0.3, -0.25) is 0 Å². The van der Waals surface area contributed by atoms with Gasteiger partial charge in [-0.15, -0.1) is 0 Å². The minimum absolute atomic E-state index is 0.147. The van der Waals surface area contributed by atoms with Gasteiger partial charge in [-0.05, 0) is 18.6 Å². The lowest BCUT2D eigenvalue weighted by Crippen LogP contribution is -2.46. The molecule has 1 aliphatic heterocycles. The Morgan fingerprint density at radius 1 is 1.31 bits per heavy atom. The Bertz CT molecular complexity index is 357. The number of halogens is 1. The van der Waals surface area contributed by atoms with E-state index < -0.39 is 5.67 Å². The number of aryl methyl sites for hydroxylation is 1. The average Bonchev–Trinajstić information content (AvgIpc) is 2.31. The van der Waals surface area contributed by atoms with Crippen LogP contribution >= 0.6 is 0 Å².